The van der Waals surface area contributed by atoms with Crippen LogP contribution in [-0.4, -0.2) is 43.8 Å². The molecule has 0 unspecified atom stereocenters. The fraction of sp³-hybridized carbons (Fsp3) is 0.316. The molecule has 0 aliphatic heterocycles. The average molecular weight is 741 g/mol. The first-order valence-electron chi connectivity index (χ1n) is 16.4. The van der Waals surface area contributed by atoms with E-state index < -0.39 is 28.5 Å². The molecule has 0 radical (unpaired) electrons. The highest BCUT2D eigenvalue weighted by molar-refractivity contribution is 7.92. The topological polar surface area (TPSA) is 86.8 Å². The number of anilines is 1. The molecule has 0 saturated heterocycles. The van der Waals surface area contributed by atoms with Gasteiger partial charge in [-0.25, -0.2) is 8.42 Å². The summed E-state index contributed by atoms with van der Waals surface area (Å²) in [7, 11) is -4.25. The molecule has 4 aromatic rings. The molecule has 1 fully saturated rings. The summed E-state index contributed by atoms with van der Waals surface area (Å²) in [5.41, 5.74) is 3.36. The predicted octanol–water partition coefficient (Wildman–Crippen LogP) is 8.55. The van der Waals surface area contributed by atoms with Crippen LogP contribution in [0.2, 0.25) is 15.1 Å². The van der Waals surface area contributed by atoms with Gasteiger partial charge < -0.3 is 10.2 Å². The van der Waals surface area contributed by atoms with Crippen molar-refractivity contribution in [2.24, 2.45) is 0 Å². The first-order valence-corrected chi connectivity index (χ1v) is 18.9. The van der Waals surface area contributed by atoms with Crippen LogP contribution < -0.4 is 9.62 Å². The second kappa shape index (κ2) is 16.4. The van der Waals surface area contributed by atoms with E-state index in [2.05, 4.69) is 5.32 Å². The Bertz CT molecular complexity index is 1880. The summed E-state index contributed by atoms with van der Waals surface area (Å²) in [6.07, 6.45) is 5.10. The summed E-state index contributed by atoms with van der Waals surface area (Å²) >= 11 is 19.1. The zero-order valence-corrected chi connectivity index (χ0v) is 30.6. The molecule has 1 saturated carbocycles. The summed E-state index contributed by atoms with van der Waals surface area (Å²) in [5, 5.41) is 4.22. The smallest absolute Gasteiger partial charge is 0.264 e. The van der Waals surface area contributed by atoms with Gasteiger partial charge in [0.2, 0.25) is 11.8 Å². The van der Waals surface area contributed by atoms with Gasteiger partial charge >= 0.3 is 0 Å². The van der Waals surface area contributed by atoms with Crippen molar-refractivity contribution in [2.75, 3.05) is 10.8 Å². The molecule has 1 N–H and O–H groups in total. The number of carbonyl (C=O) groups excluding carboxylic acids is 2. The molecule has 1 aliphatic carbocycles. The lowest BCUT2D eigenvalue weighted by Crippen LogP contribution is -2.55. The molecular formula is C38H40Cl3N3O4S. The summed E-state index contributed by atoms with van der Waals surface area (Å²) in [6.45, 7) is 3.08. The molecule has 4 aromatic carbocycles. The molecule has 0 bridgehead atoms. The Labute approximate surface area is 304 Å². The molecule has 0 aromatic heterocycles. The second-order valence-electron chi connectivity index (χ2n) is 12.6. The lowest BCUT2D eigenvalue weighted by molar-refractivity contribution is -0.140. The molecule has 5 rings (SSSR count). The lowest BCUT2D eigenvalue weighted by Gasteiger charge is -2.35. The van der Waals surface area contributed by atoms with Crippen LogP contribution in [0.3, 0.4) is 0 Å². The third kappa shape index (κ3) is 9.37. The van der Waals surface area contributed by atoms with Crippen LogP contribution in [0, 0.1) is 13.8 Å². The maximum atomic E-state index is 14.7. The molecule has 0 spiro atoms. The minimum Gasteiger partial charge on any atom is -0.352 e. The van der Waals surface area contributed by atoms with E-state index >= 15 is 0 Å². The van der Waals surface area contributed by atoms with Crippen LogP contribution in [0.4, 0.5) is 5.69 Å². The molecule has 258 valence electrons. The first kappa shape index (κ1) is 36.7. The van der Waals surface area contributed by atoms with E-state index in [4.69, 9.17) is 34.8 Å². The van der Waals surface area contributed by atoms with Crippen molar-refractivity contribution in [1.29, 1.82) is 0 Å². The minimum atomic E-state index is -4.25. The Morgan fingerprint density at radius 2 is 1.49 bits per heavy atom. The number of aryl methyl sites for hydroxylation is 2. The van der Waals surface area contributed by atoms with Crippen LogP contribution in [-0.2, 0) is 32.6 Å². The Hall–Kier alpha value is -3.56. The highest BCUT2D eigenvalue weighted by Gasteiger charge is 2.35. The molecule has 1 atom stereocenters. The number of benzene rings is 4. The van der Waals surface area contributed by atoms with Gasteiger partial charge in [-0.3, -0.25) is 13.9 Å². The van der Waals surface area contributed by atoms with Crippen molar-refractivity contribution in [3.63, 3.8) is 0 Å². The quantitative estimate of drug-likeness (QED) is 0.158. The number of sulfonamides is 1. The van der Waals surface area contributed by atoms with Crippen molar-refractivity contribution in [3.05, 3.63) is 128 Å². The zero-order chi connectivity index (χ0) is 35.1. The van der Waals surface area contributed by atoms with Gasteiger partial charge in [-0.1, -0.05) is 114 Å². The highest BCUT2D eigenvalue weighted by Crippen LogP contribution is 2.30. The molecule has 2 amide bonds. The van der Waals surface area contributed by atoms with Gasteiger partial charge in [0.15, 0.2) is 0 Å². The SMILES string of the molecule is Cc1ccc(S(=O)(=O)N(CC(=O)N(Cc2ccc(Cl)c(Cl)c2)[C@@H](Cc2ccccc2)C(=O)NC2CCCCC2)c2ccc(C)c(Cl)c2)cc1. The van der Waals surface area contributed by atoms with Crippen molar-refractivity contribution < 1.29 is 18.0 Å². The van der Waals surface area contributed by atoms with Crippen LogP contribution >= 0.6 is 34.8 Å². The molecule has 49 heavy (non-hydrogen) atoms. The number of amides is 2. The maximum Gasteiger partial charge on any atom is 0.264 e. The summed E-state index contributed by atoms with van der Waals surface area (Å²) in [5.74, 6) is -0.867. The Morgan fingerprint density at radius 1 is 0.796 bits per heavy atom. The van der Waals surface area contributed by atoms with E-state index in [0.29, 0.717) is 20.6 Å². The zero-order valence-electron chi connectivity index (χ0n) is 27.5. The summed E-state index contributed by atoms with van der Waals surface area (Å²) in [6, 6.07) is 24.9. The van der Waals surface area contributed by atoms with Gasteiger partial charge in [0.05, 0.1) is 20.6 Å². The lowest BCUT2D eigenvalue weighted by atomic mass is 9.94. The van der Waals surface area contributed by atoms with Crippen LogP contribution in [0.5, 0.6) is 0 Å². The number of hydrogen-bond acceptors (Lipinski definition) is 4. The van der Waals surface area contributed by atoms with Crippen molar-refractivity contribution >= 4 is 62.3 Å². The van der Waals surface area contributed by atoms with Gasteiger partial charge in [-0.15, -0.1) is 0 Å². The van der Waals surface area contributed by atoms with Crippen LogP contribution in [0.25, 0.3) is 0 Å². The Kier molecular flexibility index (Phi) is 12.3. The average Bonchev–Trinajstić information content (AvgIpc) is 3.09. The van der Waals surface area contributed by atoms with E-state index in [-0.39, 0.29) is 35.5 Å². The number of nitrogens with zero attached hydrogens (tertiary/aromatic N) is 2. The summed E-state index contributed by atoms with van der Waals surface area (Å²) in [4.78, 5) is 30.5. The molecular weight excluding hydrogens is 701 g/mol. The maximum absolute atomic E-state index is 14.7. The minimum absolute atomic E-state index is 0.00503. The molecule has 7 nitrogen and oxygen atoms in total. The van der Waals surface area contributed by atoms with Crippen LogP contribution in [0.15, 0.2) is 95.9 Å². The number of nitrogens with one attached hydrogen (secondary N) is 1. The Balaban J connectivity index is 1.59. The van der Waals surface area contributed by atoms with Gasteiger partial charge in [0.1, 0.15) is 12.6 Å². The predicted molar refractivity (Wildman–Crippen MR) is 198 cm³/mol. The van der Waals surface area contributed by atoms with Gasteiger partial charge in [-0.05, 0) is 79.8 Å². The third-order valence-corrected chi connectivity index (χ3v) is 11.8. The van der Waals surface area contributed by atoms with Crippen molar-refractivity contribution in [2.45, 2.75) is 75.9 Å². The normalized spacial score (nSPS) is 14.2. The second-order valence-corrected chi connectivity index (χ2v) is 15.7. The van der Waals surface area contributed by atoms with Crippen molar-refractivity contribution in [3.8, 4) is 0 Å². The molecule has 1 aliphatic rings. The van der Waals surface area contributed by atoms with E-state index in [1.807, 2.05) is 44.2 Å². The van der Waals surface area contributed by atoms with E-state index in [1.165, 1.54) is 23.1 Å². The fourth-order valence-corrected chi connectivity index (χ4v) is 7.94. The number of hydrogen-bond donors (Lipinski definition) is 1. The van der Waals surface area contributed by atoms with Crippen molar-refractivity contribution in [1.82, 2.24) is 10.2 Å². The number of carbonyl (C=O) groups is 2. The standard InChI is InChI=1S/C38H40Cl3N3O4S/c1-26-13-18-32(19-14-26)49(47,48)44(31-17-15-27(2)34(40)23-31)25-37(45)43(24-29-16-20-33(39)35(41)21-29)36(22-28-9-5-3-6-10-28)38(46)42-30-11-7-4-8-12-30/h3,5-6,9-10,13-21,23,30,36H,4,7-8,11-12,22,24-25H2,1-2H3,(H,42,46)/t36-/m0/s1. The Morgan fingerprint density at radius 3 is 2.14 bits per heavy atom. The third-order valence-electron chi connectivity index (χ3n) is 8.89. The van der Waals surface area contributed by atoms with Gasteiger partial charge in [-0.2, -0.15) is 0 Å². The highest BCUT2D eigenvalue weighted by atomic mass is 35.5. The van der Waals surface area contributed by atoms with E-state index in [1.54, 1.807) is 42.5 Å². The molecule has 11 heteroatoms. The van der Waals surface area contributed by atoms with Crippen LogP contribution in [0.1, 0.15) is 54.4 Å². The van der Waals surface area contributed by atoms with E-state index in [0.717, 1.165) is 53.1 Å². The summed E-state index contributed by atoms with van der Waals surface area (Å²) < 4.78 is 29.7. The largest absolute Gasteiger partial charge is 0.352 e. The first-order chi connectivity index (χ1) is 23.4. The number of halogens is 3. The van der Waals surface area contributed by atoms with E-state index in [9.17, 15) is 18.0 Å². The monoisotopic (exact) mass is 739 g/mol. The van der Waals surface area contributed by atoms with Gasteiger partial charge in [0.25, 0.3) is 10.0 Å². The molecule has 0 heterocycles. The van der Waals surface area contributed by atoms with Gasteiger partial charge in [0, 0.05) is 24.0 Å². The fourth-order valence-electron chi connectivity index (χ4n) is 6.04. The number of rotatable bonds is 12.